The quantitative estimate of drug-likeness (QED) is 0.472. The molecule has 34 heavy (non-hydrogen) atoms. The Kier molecular flexibility index (Phi) is 8.05. The van der Waals surface area contributed by atoms with Crippen LogP contribution in [-0.4, -0.2) is 79.1 Å². The largest absolute Gasteiger partial charge is 0.497 e. The van der Waals surface area contributed by atoms with Crippen LogP contribution in [0.5, 0.6) is 11.5 Å². The van der Waals surface area contributed by atoms with Gasteiger partial charge in [0.05, 0.1) is 26.1 Å². The summed E-state index contributed by atoms with van der Waals surface area (Å²) in [5, 5.41) is 11.2. The zero-order valence-electron chi connectivity index (χ0n) is 20.3. The highest BCUT2D eigenvalue weighted by Crippen LogP contribution is 2.30. The maximum absolute atomic E-state index is 13.2. The number of ether oxygens (including phenoxy) is 2. The number of benzene rings is 1. The van der Waals surface area contributed by atoms with Crippen molar-refractivity contribution in [1.29, 1.82) is 0 Å². The molecular formula is C25H35N5O4. The van der Waals surface area contributed by atoms with Gasteiger partial charge in [-0.25, -0.2) is 0 Å². The summed E-state index contributed by atoms with van der Waals surface area (Å²) in [5.41, 5.74) is 2.99. The van der Waals surface area contributed by atoms with E-state index in [1.165, 1.54) is 5.56 Å². The molecule has 0 aliphatic carbocycles. The smallest absolute Gasteiger partial charge is 0.225 e. The number of aromatic nitrogens is 2. The maximum atomic E-state index is 13.2. The highest BCUT2D eigenvalue weighted by atomic mass is 16.6. The van der Waals surface area contributed by atoms with Crippen LogP contribution < -0.4 is 9.47 Å². The molecule has 9 heteroatoms. The summed E-state index contributed by atoms with van der Waals surface area (Å²) in [6.07, 6.45) is 7.33. The molecule has 0 spiro atoms. The number of piperidine rings is 2. The van der Waals surface area contributed by atoms with Gasteiger partial charge in [-0.05, 0) is 50.9 Å². The Bertz CT molecular complexity index is 939. The average molecular weight is 470 g/mol. The molecule has 1 amide bonds. The Labute approximate surface area is 201 Å². The minimum atomic E-state index is 0.118. The number of likely N-dealkylation sites (tertiary alicyclic amines) is 2. The number of carbonyl (C=O) groups is 1. The molecule has 2 aromatic rings. The Morgan fingerprint density at radius 3 is 2.21 bits per heavy atom. The highest BCUT2D eigenvalue weighted by Gasteiger charge is 2.32. The fourth-order valence-corrected chi connectivity index (χ4v) is 5.01. The predicted octanol–water partition coefficient (Wildman–Crippen LogP) is 2.93. The summed E-state index contributed by atoms with van der Waals surface area (Å²) in [4.78, 5) is 22.9. The van der Waals surface area contributed by atoms with Crippen molar-refractivity contribution >= 4 is 11.6 Å². The zero-order chi connectivity index (χ0) is 23.9. The third-order valence-corrected chi connectivity index (χ3v) is 6.93. The summed E-state index contributed by atoms with van der Waals surface area (Å²) in [6.45, 7) is 4.26. The van der Waals surface area contributed by atoms with Gasteiger partial charge in [0.25, 0.3) is 0 Å². The molecule has 0 radical (unpaired) electrons. The van der Waals surface area contributed by atoms with Crippen LogP contribution in [0, 0.1) is 11.8 Å². The molecule has 0 unspecified atom stereocenters. The first-order chi connectivity index (χ1) is 16.6. The molecule has 1 N–H and O–H groups in total. The standard InChI is InChI=1S/C25H35N5O4/c1-32-22-12-21(13-23(14-22)33-2)24(28-34-3)19-6-10-30(11-7-19)25(31)20-4-8-29(9-5-20)17-18-15-26-27-16-18/h12-16,19-20H,4-11,17H2,1-3H3,(H,26,27)/b28-24-. The Morgan fingerprint density at radius 2 is 1.65 bits per heavy atom. The lowest BCUT2D eigenvalue weighted by molar-refractivity contribution is -0.138. The summed E-state index contributed by atoms with van der Waals surface area (Å²) in [5.74, 6) is 2.05. The van der Waals surface area contributed by atoms with E-state index in [-0.39, 0.29) is 11.8 Å². The summed E-state index contributed by atoms with van der Waals surface area (Å²) in [7, 11) is 4.84. The van der Waals surface area contributed by atoms with Crippen molar-refractivity contribution in [3.63, 3.8) is 0 Å². The van der Waals surface area contributed by atoms with Gasteiger partial charge in [0.1, 0.15) is 18.6 Å². The fraction of sp³-hybridized carbons (Fsp3) is 0.560. The monoisotopic (exact) mass is 469 g/mol. The van der Waals surface area contributed by atoms with Crippen molar-refractivity contribution in [3.05, 3.63) is 41.7 Å². The van der Waals surface area contributed by atoms with E-state index in [9.17, 15) is 4.79 Å². The number of oxime groups is 1. The molecule has 2 saturated heterocycles. The van der Waals surface area contributed by atoms with E-state index >= 15 is 0 Å². The normalized spacial score (nSPS) is 18.7. The van der Waals surface area contributed by atoms with E-state index in [2.05, 4.69) is 20.3 Å². The topological polar surface area (TPSA) is 92.3 Å². The lowest BCUT2D eigenvalue weighted by atomic mass is 9.87. The molecule has 0 bridgehead atoms. The number of aromatic amines is 1. The lowest BCUT2D eigenvalue weighted by Crippen LogP contribution is -2.46. The van der Waals surface area contributed by atoms with Gasteiger partial charge in [-0.3, -0.25) is 14.8 Å². The van der Waals surface area contributed by atoms with Gasteiger partial charge in [-0.15, -0.1) is 0 Å². The zero-order valence-corrected chi connectivity index (χ0v) is 20.3. The second-order valence-corrected chi connectivity index (χ2v) is 9.02. The van der Waals surface area contributed by atoms with E-state index in [0.717, 1.165) is 69.7 Å². The van der Waals surface area contributed by atoms with E-state index < -0.39 is 0 Å². The van der Waals surface area contributed by atoms with Crippen LogP contribution in [0.1, 0.15) is 36.8 Å². The molecule has 2 aliphatic heterocycles. The van der Waals surface area contributed by atoms with Gasteiger partial charge >= 0.3 is 0 Å². The average Bonchev–Trinajstić information content (AvgIpc) is 3.40. The second-order valence-electron chi connectivity index (χ2n) is 9.02. The van der Waals surface area contributed by atoms with Crippen LogP contribution in [0.3, 0.4) is 0 Å². The minimum absolute atomic E-state index is 0.118. The van der Waals surface area contributed by atoms with Gasteiger partial charge in [0, 0.05) is 54.9 Å². The summed E-state index contributed by atoms with van der Waals surface area (Å²) >= 11 is 0. The highest BCUT2D eigenvalue weighted by molar-refractivity contribution is 6.02. The van der Waals surface area contributed by atoms with Gasteiger partial charge in [-0.1, -0.05) is 5.16 Å². The predicted molar refractivity (Wildman–Crippen MR) is 129 cm³/mol. The number of H-pyrrole nitrogens is 1. The molecule has 184 valence electrons. The minimum Gasteiger partial charge on any atom is -0.497 e. The number of amides is 1. The van der Waals surface area contributed by atoms with Gasteiger partial charge in [0.15, 0.2) is 0 Å². The van der Waals surface area contributed by atoms with Crippen LogP contribution >= 0.6 is 0 Å². The number of nitrogens with zero attached hydrogens (tertiary/aromatic N) is 4. The first kappa shape index (κ1) is 24.1. The van der Waals surface area contributed by atoms with Gasteiger partial charge in [-0.2, -0.15) is 5.10 Å². The van der Waals surface area contributed by atoms with E-state index in [0.29, 0.717) is 17.4 Å². The number of carbonyl (C=O) groups excluding carboxylic acids is 1. The molecule has 0 saturated carbocycles. The van der Waals surface area contributed by atoms with Crippen molar-refractivity contribution in [1.82, 2.24) is 20.0 Å². The second kappa shape index (κ2) is 11.4. The number of hydrogen-bond donors (Lipinski definition) is 1. The molecular weight excluding hydrogens is 434 g/mol. The van der Waals surface area contributed by atoms with Crippen molar-refractivity contribution in [2.45, 2.75) is 32.2 Å². The molecule has 2 aliphatic rings. The van der Waals surface area contributed by atoms with Gasteiger partial charge in [0.2, 0.25) is 5.91 Å². The van der Waals surface area contributed by atoms with E-state index in [1.54, 1.807) is 21.3 Å². The van der Waals surface area contributed by atoms with Crippen LogP contribution in [0.4, 0.5) is 0 Å². The molecule has 9 nitrogen and oxygen atoms in total. The first-order valence-corrected chi connectivity index (χ1v) is 11.9. The van der Waals surface area contributed by atoms with E-state index in [4.69, 9.17) is 14.3 Å². The third-order valence-electron chi connectivity index (χ3n) is 6.93. The molecule has 2 fully saturated rings. The number of methoxy groups -OCH3 is 2. The van der Waals surface area contributed by atoms with Crippen LogP contribution in [-0.2, 0) is 16.2 Å². The molecule has 4 rings (SSSR count). The van der Waals surface area contributed by atoms with Crippen LogP contribution in [0.2, 0.25) is 0 Å². The molecule has 0 atom stereocenters. The fourth-order valence-electron chi connectivity index (χ4n) is 5.01. The summed E-state index contributed by atoms with van der Waals surface area (Å²) in [6, 6.07) is 5.75. The first-order valence-electron chi connectivity index (χ1n) is 11.9. The van der Waals surface area contributed by atoms with E-state index in [1.807, 2.05) is 35.5 Å². The number of nitrogens with one attached hydrogen (secondary N) is 1. The third kappa shape index (κ3) is 5.70. The van der Waals surface area contributed by atoms with Crippen molar-refractivity contribution < 1.29 is 19.1 Å². The van der Waals surface area contributed by atoms with Crippen molar-refractivity contribution in [2.75, 3.05) is 47.5 Å². The van der Waals surface area contributed by atoms with Gasteiger partial charge < -0.3 is 19.2 Å². The van der Waals surface area contributed by atoms with Crippen LogP contribution in [0.15, 0.2) is 35.7 Å². The number of hydrogen-bond acceptors (Lipinski definition) is 7. The molecule has 3 heterocycles. The molecule has 1 aromatic heterocycles. The Morgan fingerprint density at radius 1 is 1.00 bits per heavy atom. The maximum Gasteiger partial charge on any atom is 0.225 e. The van der Waals surface area contributed by atoms with Crippen LogP contribution in [0.25, 0.3) is 0 Å². The van der Waals surface area contributed by atoms with Crippen molar-refractivity contribution in [3.8, 4) is 11.5 Å². The Balaban J connectivity index is 1.33. The lowest BCUT2D eigenvalue weighted by Gasteiger charge is -2.37. The van der Waals surface area contributed by atoms with Crippen molar-refractivity contribution in [2.24, 2.45) is 17.0 Å². The summed E-state index contributed by atoms with van der Waals surface area (Å²) < 4.78 is 10.9. The number of rotatable bonds is 8. The molecule has 1 aromatic carbocycles. The Hall–Kier alpha value is -3.07. The SMILES string of the molecule is CO/N=C(\c1cc(OC)cc(OC)c1)C1CCN(C(=O)C2CCN(Cc3cn[nH]c3)CC2)CC1.